The van der Waals surface area contributed by atoms with E-state index in [1.54, 1.807) is 0 Å². The molecule has 4 heterocycles. The van der Waals surface area contributed by atoms with Gasteiger partial charge in [0.1, 0.15) is 22.3 Å². The Hall–Kier alpha value is -8.60. The normalized spacial score (nSPS) is 12.4. The maximum absolute atomic E-state index is 6.77. The average Bonchev–Trinajstić information content (AvgIpc) is 4.11. The quantitative estimate of drug-likeness (QED) is 0.167. The van der Waals surface area contributed by atoms with Crippen LogP contribution in [0.15, 0.2) is 215 Å². The number of fused-ring (bicyclic) bond motifs is 19. The van der Waals surface area contributed by atoms with Crippen LogP contribution in [0.4, 0.5) is 0 Å². The number of rotatable bonds is 3. The molecular formula is C60H34N2O2. The molecule has 0 aliphatic heterocycles. The van der Waals surface area contributed by atoms with Gasteiger partial charge in [0.05, 0.1) is 33.1 Å². The molecular weight excluding hydrogens is 781 g/mol. The Balaban J connectivity index is 1.11. The van der Waals surface area contributed by atoms with E-state index < -0.39 is 0 Å². The van der Waals surface area contributed by atoms with Gasteiger partial charge in [-0.25, -0.2) is 0 Å². The van der Waals surface area contributed by atoms with E-state index >= 15 is 0 Å². The van der Waals surface area contributed by atoms with Crippen LogP contribution in [0.2, 0.25) is 0 Å². The summed E-state index contributed by atoms with van der Waals surface area (Å²) in [4.78, 5) is 0. The molecule has 0 aliphatic rings. The summed E-state index contributed by atoms with van der Waals surface area (Å²) in [5, 5.41) is 16.8. The average molecular weight is 815 g/mol. The Morgan fingerprint density at radius 2 is 0.797 bits per heavy atom. The van der Waals surface area contributed by atoms with Gasteiger partial charge >= 0.3 is 0 Å². The van der Waals surface area contributed by atoms with Crippen LogP contribution in [-0.4, -0.2) is 9.13 Å². The third-order valence-electron chi connectivity index (χ3n) is 13.9. The van der Waals surface area contributed by atoms with Crippen molar-refractivity contribution in [3.63, 3.8) is 0 Å². The van der Waals surface area contributed by atoms with E-state index in [0.29, 0.717) is 0 Å². The fraction of sp³-hybridized carbons (Fsp3) is 0. The van der Waals surface area contributed by atoms with Crippen LogP contribution in [0.1, 0.15) is 0 Å². The molecule has 0 aliphatic carbocycles. The third-order valence-corrected chi connectivity index (χ3v) is 13.9. The Kier molecular flexibility index (Phi) is 6.65. The molecule has 0 spiro atoms. The number of aromatic nitrogens is 2. The van der Waals surface area contributed by atoms with Crippen molar-refractivity contribution in [3.8, 4) is 22.5 Å². The first-order chi connectivity index (χ1) is 31.8. The van der Waals surface area contributed by atoms with Crippen LogP contribution in [0, 0.1) is 0 Å². The van der Waals surface area contributed by atoms with Crippen molar-refractivity contribution in [3.05, 3.63) is 206 Å². The van der Waals surface area contributed by atoms with E-state index in [0.717, 1.165) is 88.4 Å². The molecule has 0 saturated carbocycles. The van der Waals surface area contributed by atoms with Crippen molar-refractivity contribution in [2.45, 2.75) is 0 Å². The van der Waals surface area contributed by atoms with Gasteiger partial charge in [0.25, 0.3) is 0 Å². The molecule has 0 unspecified atom stereocenters. The van der Waals surface area contributed by atoms with Crippen LogP contribution >= 0.6 is 0 Å². The summed E-state index contributed by atoms with van der Waals surface area (Å²) in [5.74, 6) is 0. The molecule has 0 bridgehead atoms. The van der Waals surface area contributed by atoms with Crippen molar-refractivity contribution in [2.24, 2.45) is 0 Å². The number of para-hydroxylation sites is 4. The molecule has 0 radical (unpaired) electrons. The lowest BCUT2D eigenvalue weighted by Crippen LogP contribution is -1.96. The molecule has 296 valence electrons. The monoisotopic (exact) mass is 814 g/mol. The zero-order chi connectivity index (χ0) is 41.6. The smallest absolute Gasteiger partial charge is 0.143 e. The van der Waals surface area contributed by atoms with Gasteiger partial charge in [0, 0.05) is 49.0 Å². The SMILES string of the molecule is c1ccc2c(c1)oc1c(-c3cccc4c3c3c5c6ccccc6n(-c6ccc7c8ccccc8c8ccccc8c7c6)c5ccc3n4-c3cccc4oc5ccccc5c34)cccc12. The summed E-state index contributed by atoms with van der Waals surface area (Å²) < 4.78 is 18.2. The van der Waals surface area contributed by atoms with Crippen molar-refractivity contribution < 1.29 is 8.83 Å². The zero-order valence-electron chi connectivity index (χ0n) is 34.3. The zero-order valence-corrected chi connectivity index (χ0v) is 34.3. The van der Waals surface area contributed by atoms with Crippen molar-refractivity contribution >= 4 is 120 Å². The summed E-state index contributed by atoms with van der Waals surface area (Å²) in [5.41, 5.74) is 12.5. The van der Waals surface area contributed by atoms with Crippen LogP contribution in [0.5, 0.6) is 0 Å². The number of benzene rings is 11. The fourth-order valence-electron chi connectivity index (χ4n) is 11.3. The number of hydrogen-bond donors (Lipinski definition) is 0. The Bertz CT molecular complexity index is 4460. The maximum atomic E-state index is 6.77. The van der Waals surface area contributed by atoms with E-state index in [-0.39, 0.29) is 0 Å². The van der Waals surface area contributed by atoms with E-state index in [4.69, 9.17) is 8.83 Å². The van der Waals surface area contributed by atoms with E-state index in [9.17, 15) is 0 Å². The van der Waals surface area contributed by atoms with Gasteiger partial charge in [0.15, 0.2) is 0 Å². The second-order valence-corrected chi connectivity index (χ2v) is 17.1. The van der Waals surface area contributed by atoms with E-state index in [1.807, 2.05) is 12.1 Å². The van der Waals surface area contributed by atoms with Crippen LogP contribution in [0.3, 0.4) is 0 Å². The van der Waals surface area contributed by atoms with Crippen molar-refractivity contribution in [2.75, 3.05) is 0 Å². The standard InChI is InChI=1S/C60H34N2O2/c1-2-16-38-36(14-1)37-15-3-4-17-39(37)47-34-35(30-31-40(38)47)61-48-24-8-5-19-45(48)58-51(61)32-33-52-59(58)57-42(44-23-11-22-43-41-18-6-9-27-53(41)64-60(43)44)21-12-25-50(57)62(52)49-26-13-29-55-56(49)46-20-7-10-28-54(46)63-55/h1-34H. The summed E-state index contributed by atoms with van der Waals surface area (Å²) in [6.07, 6.45) is 0. The van der Waals surface area contributed by atoms with Crippen molar-refractivity contribution in [1.29, 1.82) is 0 Å². The second-order valence-electron chi connectivity index (χ2n) is 17.1. The highest BCUT2D eigenvalue weighted by molar-refractivity contribution is 6.33. The number of furan rings is 2. The minimum atomic E-state index is 0.867. The molecule has 11 aromatic carbocycles. The molecule has 4 nitrogen and oxygen atoms in total. The summed E-state index contributed by atoms with van der Waals surface area (Å²) in [6.45, 7) is 0. The molecule has 0 N–H and O–H groups in total. The molecule has 0 atom stereocenters. The molecule has 4 aromatic heterocycles. The Labute approximate surface area is 365 Å². The minimum absolute atomic E-state index is 0.867. The van der Waals surface area contributed by atoms with Crippen LogP contribution in [-0.2, 0) is 0 Å². The molecule has 0 fully saturated rings. The van der Waals surface area contributed by atoms with Crippen LogP contribution < -0.4 is 0 Å². The molecule has 15 rings (SSSR count). The van der Waals surface area contributed by atoms with Gasteiger partial charge < -0.3 is 18.0 Å². The molecule has 64 heavy (non-hydrogen) atoms. The van der Waals surface area contributed by atoms with Gasteiger partial charge in [-0.1, -0.05) is 146 Å². The van der Waals surface area contributed by atoms with E-state index in [1.165, 1.54) is 53.9 Å². The van der Waals surface area contributed by atoms with Gasteiger partial charge in [0.2, 0.25) is 0 Å². The Morgan fingerprint density at radius 3 is 1.58 bits per heavy atom. The van der Waals surface area contributed by atoms with Gasteiger partial charge in [-0.15, -0.1) is 0 Å². The summed E-state index contributed by atoms with van der Waals surface area (Å²) >= 11 is 0. The minimum Gasteiger partial charge on any atom is -0.456 e. The van der Waals surface area contributed by atoms with E-state index in [2.05, 4.69) is 203 Å². The third kappa shape index (κ3) is 4.41. The molecule has 0 saturated heterocycles. The highest BCUT2D eigenvalue weighted by Crippen LogP contribution is 2.48. The Morgan fingerprint density at radius 1 is 0.266 bits per heavy atom. The molecule has 4 heteroatoms. The highest BCUT2D eigenvalue weighted by Gasteiger charge is 2.26. The topological polar surface area (TPSA) is 36.1 Å². The first kappa shape index (κ1) is 34.0. The van der Waals surface area contributed by atoms with Crippen molar-refractivity contribution in [1.82, 2.24) is 9.13 Å². The summed E-state index contributed by atoms with van der Waals surface area (Å²) in [6, 6.07) is 74.8. The first-order valence-corrected chi connectivity index (χ1v) is 21.9. The number of hydrogen-bond acceptors (Lipinski definition) is 2. The van der Waals surface area contributed by atoms with Gasteiger partial charge in [-0.3, -0.25) is 0 Å². The lowest BCUT2D eigenvalue weighted by molar-refractivity contribution is 0.668. The predicted octanol–water partition coefficient (Wildman–Crippen LogP) is 16.8. The maximum Gasteiger partial charge on any atom is 0.143 e. The fourth-order valence-corrected chi connectivity index (χ4v) is 11.3. The predicted molar refractivity (Wildman–Crippen MR) is 268 cm³/mol. The molecule has 0 amide bonds. The number of nitrogens with zero attached hydrogens (tertiary/aromatic N) is 2. The lowest BCUT2D eigenvalue weighted by atomic mass is 9.94. The first-order valence-electron chi connectivity index (χ1n) is 21.9. The largest absolute Gasteiger partial charge is 0.456 e. The molecule has 15 aromatic rings. The van der Waals surface area contributed by atoms with Gasteiger partial charge in [-0.05, 0) is 98.5 Å². The summed E-state index contributed by atoms with van der Waals surface area (Å²) in [7, 11) is 0. The van der Waals surface area contributed by atoms with Gasteiger partial charge in [-0.2, -0.15) is 0 Å². The lowest BCUT2D eigenvalue weighted by Gasteiger charge is -2.14. The van der Waals surface area contributed by atoms with Crippen LogP contribution in [0.25, 0.3) is 142 Å². The second kappa shape index (κ2) is 12.5. The highest BCUT2D eigenvalue weighted by atomic mass is 16.3.